The largest absolute Gasteiger partial charge is 0.497 e. The highest BCUT2D eigenvalue weighted by Gasteiger charge is 2.24. The van der Waals surface area contributed by atoms with Crippen molar-refractivity contribution in [2.24, 2.45) is 0 Å². The van der Waals surface area contributed by atoms with E-state index < -0.39 is 6.10 Å². The molecule has 1 heterocycles. The number of hydrogen-bond acceptors (Lipinski definition) is 6. The molecule has 0 unspecified atom stereocenters. The maximum Gasteiger partial charge on any atom is 0.263 e. The van der Waals surface area contributed by atoms with E-state index in [1.165, 1.54) is 4.90 Å². The van der Waals surface area contributed by atoms with Crippen molar-refractivity contribution in [3.63, 3.8) is 0 Å². The Kier molecular flexibility index (Phi) is 6.49. The standard InChI is InChI=1S/C22H25N3O4/c1-5-19(28-18-10-6-15(2)7-11-18)22(26)25(3)14-20-23-21(24-29-20)16-8-12-17(27-4)13-9-16/h6-13,19H,5,14H2,1-4H3/t19-/m1/s1. The van der Waals surface area contributed by atoms with Crippen molar-refractivity contribution in [3.05, 3.63) is 60.0 Å². The van der Waals surface area contributed by atoms with E-state index in [4.69, 9.17) is 14.0 Å². The molecule has 1 amide bonds. The highest BCUT2D eigenvalue weighted by atomic mass is 16.5. The summed E-state index contributed by atoms with van der Waals surface area (Å²) < 4.78 is 16.3. The Morgan fingerprint density at radius 1 is 1.10 bits per heavy atom. The minimum atomic E-state index is -0.577. The van der Waals surface area contributed by atoms with Crippen molar-refractivity contribution in [1.82, 2.24) is 15.0 Å². The number of likely N-dealkylation sites (N-methyl/N-ethyl adjacent to an activating group) is 1. The summed E-state index contributed by atoms with van der Waals surface area (Å²) in [6.07, 6.45) is -0.0236. The summed E-state index contributed by atoms with van der Waals surface area (Å²) in [4.78, 5) is 18.7. The predicted octanol–water partition coefficient (Wildman–Crippen LogP) is 3.87. The number of ether oxygens (including phenoxy) is 2. The summed E-state index contributed by atoms with van der Waals surface area (Å²) in [7, 11) is 3.31. The van der Waals surface area contributed by atoms with E-state index in [0.717, 1.165) is 16.9 Å². The number of amides is 1. The van der Waals surface area contributed by atoms with E-state index in [9.17, 15) is 4.79 Å². The van der Waals surface area contributed by atoms with Crippen LogP contribution in [-0.2, 0) is 11.3 Å². The molecule has 0 aliphatic rings. The SMILES string of the molecule is CC[C@@H](Oc1ccc(C)cc1)C(=O)N(C)Cc1nc(-c2ccc(OC)cc2)no1. The first-order chi connectivity index (χ1) is 14.0. The molecule has 0 bridgehead atoms. The maximum absolute atomic E-state index is 12.8. The van der Waals surface area contributed by atoms with Gasteiger partial charge in [0.05, 0.1) is 13.7 Å². The van der Waals surface area contributed by atoms with Crippen LogP contribution in [-0.4, -0.2) is 41.2 Å². The van der Waals surface area contributed by atoms with Crippen LogP contribution in [0.2, 0.25) is 0 Å². The van der Waals surface area contributed by atoms with Gasteiger partial charge in [0.25, 0.3) is 5.91 Å². The fraction of sp³-hybridized carbons (Fsp3) is 0.318. The van der Waals surface area contributed by atoms with E-state index in [-0.39, 0.29) is 12.5 Å². The van der Waals surface area contributed by atoms with Gasteiger partial charge in [-0.1, -0.05) is 29.8 Å². The van der Waals surface area contributed by atoms with Gasteiger partial charge >= 0.3 is 0 Å². The van der Waals surface area contributed by atoms with Gasteiger partial charge in [-0.05, 0) is 49.7 Å². The van der Waals surface area contributed by atoms with Gasteiger partial charge in [-0.2, -0.15) is 4.98 Å². The number of methoxy groups -OCH3 is 1. The highest BCUT2D eigenvalue weighted by Crippen LogP contribution is 2.20. The summed E-state index contributed by atoms with van der Waals surface area (Å²) in [5, 5.41) is 4.00. The average molecular weight is 395 g/mol. The fourth-order valence-corrected chi connectivity index (χ4v) is 2.79. The third kappa shape index (κ3) is 5.13. The number of hydrogen-bond donors (Lipinski definition) is 0. The fourth-order valence-electron chi connectivity index (χ4n) is 2.79. The lowest BCUT2D eigenvalue weighted by Crippen LogP contribution is -2.39. The lowest BCUT2D eigenvalue weighted by atomic mass is 10.2. The second-order valence-corrected chi connectivity index (χ2v) is 6.76. The van der Waals surface area contributed by atoms with Crippen LogP contribution in [0.25, 0.3) is 11.4 Å². The Labute approximate surface area is 170 Å². The van der Waals surface area contributed by atoms with Gasteiger partial charge in [0, 0.05) is 12.6 Å². The normalized spacial score (nSPS) is 11.7. The van der Waals surface area contributed by atoms with Crippen molar-refractivity contribution in [1.29, 1.82) is 0 Å². The molecule has 0 aliphatic carbocycles. The summed E-state index contributed by atoms with van der Waals surface area (Å²) in [5.74, 6) is 2.10. The Morgan fingerprint density at radius 2 is 1.76 bits per heavy atom. The van der Waals surface area contributed by atoms with Gasteiger partial charge in [-0.15, -0.1) is 0 Å². The molecule has 0 radical (unpaired) electrons. The van der Waals surface area contributed by atoms with Crippen LogP contribution in [0.15, 0.2) is 53.1 Å². The van der Waals surface area contributed by atoms with Gasteiger partial charge in [-0.25, -0.2) is 0 Å². The first-order valence-corrected chi connectivity index (χ1v) is 9.45. The topological polar surface area (TPSA) is 77.7 Å². The minimum Gasteiger partial charge on any atom is -0.497 e. The summed E-state index contributed by atoms with van der Waals surface area (Å²) >= 11 is 0. The van der Waals surface area contributed by atoms with Crippen LogP contribution < -0.4 is 9.47 Å². The predicted molar refractivity (Wildman–Crippen MR) is 109 cm³/mol. The Morgan fingerprint density at radius 3 is 2.38 bits per heavy atom. The molecule has 1 aromatic heterocycles. The second-order valence-electron chi connectivity index (χ2n) is 6.76. The number of carbonyl (C=O) groups excluding carboxylic acids is 1. The molecule has 0 fully saturated rings. The van der Waals surface area contributed by atoms with Crippen LogP contribution in [0.1, 0.15) is 24.8 Å². The molecule has 0 saturated carbocycles. The zero-order valence-corrected chi connectivity index (χ0v) is 17.1. The number of rotatable bonds is 8. The minimum absolute atomic E-state index is 0.141. The molecule has 29 heavy (non-hydrogen) atoms. The van der Waals surface area contributed by atoms with E-state index in [0.29, 0.717) is 23.9 Å². The molecular formula is C22H25N3O4. The average Bonchev–Trinajstić information content (AvgIpc) is 3.21. The molecule has 7 nitrogen and oxygen atoms in total. The molecule has 0 saturated heterocycles. The Hall–Kier alpha value is -3.35. The van der Waals surface area contributed by atoms with Crippen molar-refractivity contribution < 1.29 is 18.8 Å². The van der Waals surface area contributed by atoms with Gasteiger partial charge in [0.2, 0.25) is 11.7 Å². The third-order valence-corrected chi connectivity index (χ3v) is 4.51. The van der Waals surface area contributed by atoms with Crippen LogP contribution >= 0.6 is 0 Å². The Balaban J connectivity index is 1.63. The van der Waals surface area contributed by atoms with Crippen LogP contribution in [0.3, 0.4) is 0 Å². The van der Waals surface area contributed by atoms with Crippen molar-refractivity contribution in [3.8, 4) is 22.9 Å². The van der Waals surface area contributed by atoms with E-state index in [1.807, 2.05) is 62.4 Å². The smallest absolute Gasteiger partial charge is 0.263 e. The molecular weight excluding hydrogens is 370 g/mol. The van der Waals surface area contributed by atoms with E-state index >= 15 is 0 Å². The lowest BCUT2D eigenvalue weighted by Gasteiger charge is -2.22. The van der Waals surface area contributed by atoms with Crippen LogP contribution in [0.5, 0.6) is 11.5 Å². The molecule has 0 aliphatic heterocycles. The summed E-state index contributed by atoms with van der Waals surface area (Å²) in [6, 6.07) is 15.0. The molecule has 152 valence electrons. The number of aryl methyl sites for hydroxylation is 1. The lowest BCUT2D eigenvalue weighted by molar-refractivity contribution is -0.138. The highest BCUT2D eigenvalue weighted by molar-refractivity contribution is 5.80. The summed E-state index contributed by atoms with van der Waals surface area (Å²) in [5.41, 5.74) is 1.95. The number of aromatic nitrogens is 2. The molecule has 1 atom stereocenters. The molecule has 2 aromatic carbocycles. The second kappa shape index (κ2) is 9.23. The summed E-state index contributed by atoms with van der Waals surface area (Å²) in [6.45, 7) is 4.12. The van der Waals surface area contributed by atoms with Crippen LogP contribution in [0.4, 0.5) is 0 Å². The first-order valence-electron chi connectivity index (χ1n) is 9.45. The third-order valence-electron chi connectivity index (χ3n) is 4.51. The van der Waals surface area contributed by atoms with Crippen molar-refractivity contribution in [2.75, 3.05) is 14.2 Å². The molecule has 0 N–H and O–H groups in total. The van der Waals surface area contributed by atoms with Gasteiger partial charge in [0.1, 0.15) is 11.5 Å². The van der Waals surface area contributed by atoms with Gasteiger partial charge < -0.3 is 18.9 Å². The molecule has 3 rings (SSSR count). The number of benzene rings is 2. The molecule has 0 spiro atoms. The molecule has 3 aromatic rings. The van der Waals surface area contributed by atoms with Crippen LogP contribution in [0, 0.1) is 6.92 Å². The zero-order valence-electron chi connectivity index (χ0n) is 17.1. The Bertz CT molecular complexity index is 935. The number of carbonyl (C=O) groups is 1. The molecule has 7 heteroatoms. The maximum atomic E-state index is 12.8. The quantitative estimate of drug-likeness (QED) is 0.576. The van der Waals surface area contributed by atoms with E-state index in [1.54, 1.807) is 14.2 Å². The zero-order chi connectivity index (χ0) is 20.8. The van der Waals surface area contributed by atoms with Crippen molar-refractivity contribution >= 4 is 5.91 Å². The van der Waals surface area contributed by atoms with Gasteiger partial charge in [0.15, 0.2) is 6.10 Å². The van der Waals surface area contributed by atoms with E-state index in [2.05, 4.69) is 10.1 Å². The number of nitrogens with zero attached hydrogens (tertiary/aromatic N) is 3. The van der Waals surface area contributed by atoms with Gasteiger partial charge in [-0.3, -0.25) is 4.79 Å². The van der Waals surface area contributed by atoms with Crippen molar-refractivity contribution in [2.45, 2.75) is 32.9 Å². The monoisotopic (exact) mass is 395 g/mol. The first kappa shape index (κ1) is 20.4.